The molecule has 0 radical (unpaired) electrons. The van der Waals surface area contributed by atoms with Crippen LogP contribution in [-0.4, -0.2) is 23.2 Å². The van der Waals surface area contributed by atoms with Crippen LogP contribution in [0, 0.1) is 0 Å². The molecule has 1 aromatic carbocycles. The summed E-state index contributed by atoms with van der Waals surface area (Å²) < 4.78 is 5.63. The van der Waals surface area contributed by atoms with Crippen molar-refractivity contribution in [2.75, 3.05) is 11.2 Å². The highest BCUT2D eigenvalue weighted by Crippen LogP contribution is 2.26. The van der Waals surface area contributed by atoms with Gasteiger partial charge in [-0.25, -0.2) is 0 Å². The van der Waals surface area contributed by atoms with Crippen molar-refractivity contribution in [3.8, 4) is 0 Å². The molecule has 0 aromatic heterocycles. The number of piperidine rings is 1. The van der Waals surface area contributed by atoms with Gasteiger partial charge in [-0.05, 0) is 47.5 Å². The van der Waals surface area contributed by atoms with Crippen LogP contribution in [0.5, 0.6) is 0 Å². The molecule has 0 unspecified atom stereocenters. The topological polar surface area (TPSA) is 38.3 Å². The number of carbonyl (C=O) groups excluding carboxylic acids is 1. The SMILES string of the molecule is O=C(OCI)[C@H](c1ccccc1)[C@H]1CCCCN1. The molecule has 0 amide bonds. The first kappa shape index (κ1) is 13.8. The first-order chi connectivity index (χ1) is 8.83. The minimum Gasteiger partial charge on any atom is -0.454 e. The minimum atomic E-state index is -0.179. The zero-order chi connectivity index (χ0) is 12.8. The number of nitrogens with one attached hydrogen (secondary N) is 1. The minimum absolute atomic E-state index is 0.116. The van der Waals surface area contributed by atoms with Gasteiger partial charge in [0.15, 0.2) is 0 Å². The third-order valence-electron chi connectivity index (χ3n) is 3.36. The molecule has 1 N–H and O–H groups in total. The summed E-state index contributed by atoms with van der Waals surface area (Å²) in [5.41, 5.74) is 1.05. The first-order valence-corrected chi connectivity index (χ1v) is 7.86. The number of benzene rings is 1. The molecule has 0 aliphatic carbocycles. The summed E-state index contributed by atoms with van der Waals surface area (Å²) in [7, 11) is 0. The van der Waals surface area contributed by atoms with Gasteiger partial charge in [-0.2, -0.15) is 0 Å². The van der Waals surface area contributed by atoms with E-state index in [1.54, 1.807) is 0 Å². The van der Waals surface area contributed by atoms with Gasteiger partial charge >= 0.3 is 5.97 Å². The lowest BCUT2D eigenvalue weighted by molar-refractivity contribution is -0.143. The summed E-state index contributed by atoms with van der Waals surface area (Å²) in [4.78, 5) is 12.2. The number of hydrogen-bond acceptors (Lipinski definition) is 3. The van der Waals surface area contributed by atoms with E-state index in [4.69, 9.17) is 4.74 Å². The Morgan fingerprint density at radius 2 is 2.17 bits per heavy atom. The lowest BCUT2D eigenvalue weighted by Gasteiger charge is -2.30. The number of halogens is 1. The Bertz CT molecular complexity index is 377. The van der Waals surface area contributed by atoms with Crippen molar-refractivity contribution in [2.45, 2.75) is 31.2 Å². The molecule has 1 fully saturated rings. The number of hydrogen-bond donors (Lipinski definition) is 1. The normalized spacial score (nSPS) is 21.3. The van der Waals surface area contributed by atoms with Gasteiger partial charge in [-0.15, -0.1) is 0 Å². The fraction of sp³-hybridized carbons (Fsp3) is 0.500. The number of ether oxygens (including phenoxy) is 1. The average Bonchev–Trinajstić information content (AvgIpc) is 2.42. The highest BCUT2D eigenvalue weighted by molar-refractivity contribution is 14.1. The molecular formula is C14H18INO2. The van der Waals surface area contributed by atoms with E-state index in [2.05, 4.69) is 27.9 Å². The van der Waals surface area contributed by atoms with Crippen LogP contribution in [0.3, 0.4) is 0 Å². The summed E-state index contributed by atoms with van der Waals surface area (Å²) in [5.74, 6) is -0.295. The highest BCUT2D eigenvalue weighted by atomic mass is 127. The fourth-order valence-corrected chi connectivity index (χ4v) is 2.81. The van der Waals surface area contributed by atoms with Crippen molar-refractivity contribution in [3.63, 3.8) is 0 Å². The van der Waals surface area contributed by atoms with E-state index in [1.165, 1.54) is 12.8 Å². The molecule has 0 spiro atoms. The molecule has 1 aliphatic rings. The average molecular weight is 359 g/mol. The van der Waals surface area contributed by atoms with E-state index < -0.39 is 0 Å². The molecule has 18 heavy (non-hydrogen) atoms. The quantitative estimate of drug-likeness (QED) is 0.511. The zero-order valence-corrected chi connectivity index (χ0v) is 12.4. The van der Waals surface area contributed by atoms with Crippen LogP contribution >= 0.6 is 22.6 Å². The predicted octanol–water partition coefficient (Wildman–Crippen LogP) is 2.85. The van der Waals surface area contributed by atoms with Crippen molar-refractivity contribution < 1.29 is 9.53 Å². The van der Waals surface area contributed by atoms with Gasteiger partial charge < -0.3 is 10.1 Å². The van der Waals surface area contributed by atoms with E-state index in [9.17, 15) is 4.79 Å². The van der Waals surface area contributed by atoms with Crippen molar-refractivity contribution in [1.29, 1.82) is 0 Å². The third kappa shape index (κ3) is 3.45. The maximum Gasteiger partial charge on any atom is 0.315 e. The fourth-order valence-electron chi connectivity index (χ4n) is 2.50. The first-order valence-electron chi connectivity index (χ1n) is 6.34. The van der Waals surface area contributed by atoms with Gasteiger partial charge in [0.2, 0.25) is 0 Å². The lowest BCUT2D eigenvalue weighted by Crippen LogP contribution is -2.42. The van der Waals surface area contributed by atoms with Gasteiger partial charge in [0.1, 0.15) is 4.61 Å². The van der Waals surface area contributed by atoms with E-state index in [-0.39, 0.29) is 17.9 Å². The number of rotatable bonds is 4. The molecule has 3 nitrogen and oxygen atoms in total. The van der Waals surface area contributed by atoms with Gasteiger partial charge in [0, 0.05) is 6.04 Å². The van der Waals surface area contributed by atoms with Crippen LogP contribution in [0.4, 0.5) is 0 Å². The second kappa shape index (κ2) is 7.09. The molecule has 1 aliphatic heterocycles. The number of carbonyl (C=O) groups is 1. The van der Waals surface area contributed by atoms with Gasteiger partial charge in [0.05, 0.1) is 5.92 Å². The van der Waals surface area contributed by atoms with Crippen LogP contribution < -0.4 is 5.32 Å². The Morgan fingerprint density at radius 1 is 1.39 bits per heavy atom. The molecule has 98 valence electrons. The molecule has 1 heterocycles. The van der Waals surface area contributed by atoms with Crippen LogP contribution in [0.15, 0.2) is 30.3 Å². The van der Waals surface area contributed by atoms with Crippen LogP contribution in [0.1, 0.15) is 30.7 Å². The second-order valence-corrected chi connectivity index (χ2v) is 5.14. The Balaban J connectivity index is 2.19. The maximum absolute atomic E-state index is 12.2. The molecule has 0 saturated carbocycles. The summed E-state index contributed by atoms with van der Waals surface area (Å²) in [5, 5.41) is 3.45. The van der Waals surface area contributed by atoms with Crippen molar-refractivity contribution in [1.82, 2.24) is 5.32 Å². The number of esters is 1. The molecular weight excluding hydrogens is 341 g/mol. The Hall–Kier alpha value is -0.620. The smallest absolute Gasteiger partial charge is 0.315 e. The van der Waals surface area contributed by atoms with Crippen molar-refractivity contribution >= 4 is 28.6 Å². The van der Waals surface area contributed by atoms with Crippen LogP contribution in [0.25, 0.3) is 0 Å². The molecule has 2 rings (SSSR count). The van der Waals surface area contributed by atoms with E-state index in [1.807, 2.05) is 30.3 Å². The maximum atomic E-state index is 12.2. The van der Waals surface area contributed by atoms with E-state index in [0.717, 1.165) is 18.5 Å². The van der Waals surface area contributed by atoms with Crippen LogP contribution in [-0.2, 0) is 9.53 Å². The molecule has 2 atom stereocenters. The Labute approximate surface area is 121 Å². The second-order valence-electron chi connectivity index (χ2n) is 4.52. The van der Waals surface area contributed by atoms with E-state index in [0.29, 0.717) is 4.61 Å². The molecule has 0 bridgehead atoms. The van der Waals surface area contributed by atoms with Gasteiger partial charge in [-0.3, -0.25) is 4.79 Å². The monoisotopic (exact) mass is 359 g/mol. The Kier molecular flexibility index (Phi) is 5.44. The summed E-state index contributed by atoms with van der Waals surface area (Å²) in [6.45, 7) is 0.992. The van der Waals surface area contributed by atoms with Crippen molar-refractivity contribution in [3.05, 3.63) is 35.9 Å². The largest absolute Gasteiger partial charge is 0.454 e. The molecule has 1 aromatic rings. The summed E-state index contributed by atoms with van der Waals surface area (Å²) >= 11 is 2.06. The predicted molar refractivity (Wildman–Crippen MR) is 79.8 cm³/mol. The molecule has 1 saturated heterocycles. The number of alkyl halides is 1. The van der Waals surface area contributed by atoms with Gasteiger partial charge in [0.25, 0.3) is 0 Å². The zero-order valence-electron chi connectivity index (χ0n) is 10.3. The Morgan fingerprint density at radius 3 is 2.78 bits per heavy atom. The van der Waals surface area contributed by atoms with E-state index >= 15 is 0 Å². The van der Waals surface area contributed by atoms with Gasteiger partial charge in [-0.1, -0.05) is 36.8 Å². The summed E-state index contributed by atoms with van der Waals surface area (Å²) in [6.07, 6.45) is 3.41. The lowest BCUT2D eigenvalue weighted by atomic mass is 9.86. The third-order valence-corrected chi connectivity index (χ3v) is 3.67. The molecule has 4 heteroatoms. The van der Waals surface area contributed by atoms with Crippen molar-refractivity contribution in [2.24, 2.45) is 0 Å². The standard InChI is InChI=1S/C14H18INO2/c15-10-18-14(17)13(11-6-2-1-3-7-11)12-8-4-5-9-16-12/h1-3,6-7,12-13,16H,4-5,8-10H2/t12-,13-/m1/s1. The summed E-state index contributed by atoms with van der Waals surface area (Å²) in [6, 6.07) is 10.1. The highest BCUT2D eigenvalue weighted by Gasteiger charge is 2.31. The van der Waals surface area contributed by atoms with Crippen LogP contribution in [0.2, 0.25) is 0 Å².